The van der Waals surface area contributed by atoms with Gasteiger partial charge in [-0.05, 0) is 12.3 Å². The highest BCUT2D eigenvalue weighted by atomic mass is 31.2. The van der Waals surface area contributed by atoms with Gasteiger partial charge in [-0.25, -0.2) is 0 Å². The second-order valence-electron chi connectivity index (χ2n) is 3.58. The van der Waals surface area contributed by atoms with E-state index in [-0.39, 0.29) is 18.2 Å². The smallest absolute Gasteiger partial charge is 0.302 e. The van der Waals surface area contributed by atoms with E-state index in [1.54, 1.807) is 6.92 Å². The van der Waals surface area contributed by atoms with Gasteiger partial charge in [0.15, 0.2) is 0 Å². The van der Waals surface area contributed by atoms with Crippen LogP contribution in [0, 0.1) is 5.92 Å². The van der Waals surface area contributed by atoms with Crippen molar-refractivity contribution in [2.24, 2.45) is 5.92 Å². The molecule has 0 rings (SSSR count). The maximum Gasteiger partial charge on any atom is 0.367 e. The van der Waals surface area contributed by atoms with Gasteiger partial charge in [-0.1, -0.05) is 34.1 Å². The quantitative estimate of drug-likeness (QED) is 0.619. The van der Waals surface area contributed by atoms with E-state index in [0.29, 0.717) is 0 Å². The number of hydrogen-bond donors (Lipinski definition) is 0. The normalized spacial score (nSPS) is 18.6. The van der Waals surface area contributed by atoms with E-state index in [1.165, 1.54) is 0 Å². The second kappa shape index (κ2) is 5.77. The lowest BCUT2D eigenvalue weighted by molar-refractivity contribution is 0.133. The van der Waals surface area contributed by atoms with Gasteiger partial charge >= 0.3 is 7.68 Å². The molecule has 0 saturated heterocycles. The lowest BCUT2D eigenvalue weighted by atomic mass is 10.0. The molecule has 0 aliphatic rings. The molecule has 0 radical (unpaired) electrons. The van der Waals surface area contributed by atoms with E-state index >= 15 is 0 Å². The van der Waals surface area contributed by atoms with Crippen LogP contribution in [-0.4, -0.2) is 12.3 Å². The molecule has 80 valence electrons. The number of hydrogen-bond acceptors (Lipinski definition) is 2. The highest BCUT2D eigenvalue weighted by Gasteiger charge is 2.26. The van der Waals surface area contributed by atoms with Gasteiger partial charge in [-0.3, -0.25) is 4.57 Å². The van der Waals surface area contributed by atoms with Gasteiger partial charge in [0.05, 0.1) is 12.3 Å². The van der Waals surface area contributed by atoms with Crippen molar-refractivity contribution in [3.63, 3.8) is 0 Å². The summed E-state index contributed by atoms with van der Waals surface area (Å²) in [6.45, 7) is 7.46. The zero-order valence-electron chi connectivity index (χ0n) is 8.92. The Balaban J connectivity index is 4.17. The van der Waals surface area contributed by atoms with Crippen LogP contribution in [0.3, 0.4) is 0 Å². The number of rotatable bonds is 6. The standard InChI is InChI=1S/C9H20FO2P/c1-5-7-9(8(3)4)12-13(10,11)6-2/h8-9H,5-7H2,1-4H3. The van der Waals surface area contributed by atoms with Crippen LogP contribution in [-0.2, 0) is 9.09 Å². The summed E-state index contributed by atoms with van der Waals surface area (Å²) in [5.41, 5.74) is 0. The van der Waals surface area contributed by atoms with Crippen molar-refractivity contribution < 1.29 is 13.3 Å². The molecular weight excluding hydrogens is 190 g/mol. The minimum absolute atomic E-state index is 0.0278. The molecule has 13 heavy (non-hydrogen) atoms. The van der Waals surface area contributed by atoms with Gasteiger partial charge < -0.3 is 4.52 Å². The molecule has 2 unspecified atom stereocenters. The van der Waals surface area contributed by atoms with Crippen molar-refractivity contribution in [1.29, 1.82) is 0 Å². The summed E-state index contributed by atoms with van der Waals surface area (Å²) in [7, 11) is -3.81. The van der Waals surface area contributed by atoms with Gasteiger partial charge in [-0.2, -0.15) is 4.20 Å². The Morgan fingerprint density at radius 3 is 2.23 bits per heavy atom. The third kappa shape index (κ3) is 5.43. The van der Waals surface area contributed by atoms with Gasteiger partial charge in [0, 0.05) is 0 Å². The summed E-state index contributed by atoms with van der Waals surface area (Å²) in [5.74, 6) is 0.218. The SMILES string of the molecule is CCCC(OP(=O)(F)CC)C(C)C. The predicted molar refractivity (Wildman–Crippen MR) is 53.9 cm³/mol. The highest BCUT2D eigenvalue weighted by Crippen LogP contribution is 2.50. The van der Waals surface area contributed by atoms with E-state index in [0.717, 1.165) is 12.8 Å². The maximum absolute atomic E-state index is 13.1. The Morgan fingerprint density at radius 1 is 1.38 bits per heavy atom. The molecule has 0 aromatic rings. The van der Waals surface area contributed by atoms with Crippen LogP contribution in [0.4, 0.5) is 4.20 Å². The lowest BCUT2D eigenvalue weighted by Gasteiger charge is -2.22. The van der Waals surface area contributed by atoms with Gasteiger partial charge in [0.25, 0.3) is 0 Å². The Bertz CT molecular complexity index is 182. The molecule has 4 heteroatoms. The Kier molecular flexibility index (Phi) is 5.82. The van der Waals surface area contributed by atoms with Crippen LogP contribution in [0.25, 0.3) is 0 Å². The summed E-state index contributed by atoms with van der Waals surface area (Å²) in [5, 5.41) is 0. The van der Waals surface area contributed by atoms with E-state index in [4.69, 9.17) is 4.52 Å². The molecule has 0 saturated carbocycles. The largest absolute Gasteiger partial charge is 0.367 e. The molecule has 0 bridgehead atoms. The van der Waals surface area contributed by atoms with Gasteiger partial charge in [0.2, 0.25) is 0 Å². The van der Waals surface area contributed by atoms with Crippen LogP contribution >= 0.6 is 7.68 Å². The molecule has 0 heterocycles. The van der Waals surface area contributed by atoms with E-state index in [1.807, 2.05) is 20.8 Å². The summed E-state index contributed by atoms with van der Waals surface area (Å²) < 4.78 is 29.1. The van der Waals surface area contributed by atoms with Gasteiger partial charge in [0.1, 0.15) is 0 Å². The summed E-state index contributed by atoms with van der Waals surface area (Å²) in [6, 6.07) is 0. The van der Waals surface area contributed by atoms with Crippen LogP contribution in [0.15, 0.2) is 0 Å². The molecule has 2 atom stereocenters. The molecule has 0 aromatic heterocycles. The third-order valence-electron chi connectivity index (χ3n) is 1.99. The summed E-state index contributed by atoms with van der Waals surface area (Å²) in [4.78, 5) is 0. The molecule has 0 N–H and O–H groups in total. The fourth-order valence-corrected chi connectivity index (χ4v) is 1.97. The summed E-state index contributed by atoms with van der Waals surface area (Å²) in [6.07, 6.45) is 1.46. The lowest BCUT2D eigenvalue weighted by Crippen LogP contribution is -2.17. The van der Waals surface area contributed by atoms with E-state index in [2.05, 4.69) is 0 Å². The fraction of sp³-hybridized carbons (Fsp3) is 1.00. The zero-order chi connectivity index (χ0) is 10.5. The molecule has 0 aromatic carbocycles. The molecule has 2 nitrogen and oxygen atoms in total. The Labute approximate surface area is 80.4 Å². The zero-order valence-corrected chi connectivity index (χ0v) is 9.81. The van der Waals surface area contributed by atoms with Gasteiger partial charge in [-0.15, -0.1) is 0 Å². The molecule has 0 spiro atoms. The first kappa shape index (κ1) is 13.1. The average molecular weight is 210 g/mol. The maximum atomic E-state index is 13.1. The number of halogens is 1. The monoisotopic (exact) mass is 210 g/mol. The molecular formula is C9H20FO2P. The van der Waals surface area contributed by atoms with Crippen LogP contribution < -0.4 is 0 Å². The van der Waals surface area contributed by atoms with Crippen LogP contribution in [0.1, 0.15) is 40.5 Å². The minimum atomic E-state index is -3.81. The van der Waals surface area contributed by atoms with Crippen molar-refractivity contribution in [3.05, 3.63) is 0 Å². The molecule has 0 fully saturated rings. The first-order chi connectivity index (χ1) is 5.93. The van der Waals surface area contributed by atoms with Crippen molar-refractivity contribution in [2.75, 3.05) is 6.16 Å². The topological polar surface area (TPSA) is 26.3 Å². The average Bonchev–Trinajstić information content (AvgIpc) is 2.03. The molecule has 0 aliphatic heterocycles. The summed E-state index contributed by atoms with van der Waals surface area (Å²) >= 11 is 0. The van der Waals surface area contributed by atoms with Crippen molar-refractivity contribution in [2.45, 2.75) is 46.6 Å². The Morgan fingerprint density at radius 2 is 1.92 bits per heavy atom. The van der Waals surface area contributed by atoms with Crippen LogP contribution in [0.5, 0.6) is 0 Å². The van der Waals surface area contributed by atoms with E-state index < -0.39 is 7.68 Å². The first-order valence-electron chi connectivity index (χ1n) is 4.90. The highest BCUT2D eigenvalue weighted by molar-refractivity contribution is 7.53. The minimum Gasteiger partial charge on any atom is -0.302 e. The predicted octanol–water partition coefficient (Wildman–Crippen LogP) is 4.01. The fourth-order valence-electron chi connectivity index (χ4n) is 1.07. The van der Waals surface area contributed by atoms with Crippen molar-refractivity contribution in [1.82, 2.24) is 0 Å². The first-order valence-corrected chi connectivity index (χ1v) is 6.60. The van der Waals surface area contributed by atoms with Crippen molar-refractivity contribution in [3.8, 4) is 0 Å². The molecule has 0 amide bonds. The second-order valence-corrected chi connectivity index (χ2v) is 5.61. The Hall–Kier alpha value is 0.120. The molecule has 0 aliphatic carbocycles. The third-order valence-corrected chi connectivity index (χ3v) is 3.33. The van der Waals surface area contributed by atoms with Crippen molar-refractivity contribution >= 4 is 7.68 Å². The van der Waals surface area contributed by atoms with E-state index in [9.17, 15) is 8.76 Å². The van der Waals surface area contributed by atoms with Crippen LogP contribution in [0.2, 0.25) is 0 Å².